The van der Waals surface area contributed by atoms with Gasteiger partial charge in [-0.15, -0.1) is 0 Å². The fourth-order valence-corrected chi connectivity index (χ4v) is 3.06. The predicted octanol–water partition coefficient (Wildman–Crippen LogP) is 3.38. The van der Waals surface area contributed by atoms with Crippen molar-refractivity contribution in [2.45, 2.75) is 13.3 Å². The monoisotopic (exact) mass is 401 g/mol. The van der Waals surface area contributed by atoms with Gasteiger partial charge in [0.2, 0.25) is 0 Å². The molecule has 3 heterocycles. The fraction of sp³-hybridized carbons (Fsp3) is 0.0909. The van der Waals surface area contributed by atoms with Crippen molar-refractivity contribution >= 4 is 28.5 Å². The number of amidine groups is 1. The fourth-order valence-electron chi connectivity index (χ4n) is 3.06. The summed E-state index contributed by atoms with van der Waals surface area (Å²) in [7, 11) is 0. The van der Waals surface area contributed by atoms with Gasteiger partial charge in [-0.2, -0.15) is 4.99 Å². The maximum Gasteiger partial charge on any atom is 0.251 e. The van der Waals surface area contributed by atoms with Gasteiger partial charge in [-0.25, -0.2) is 19.3 Å². The molecule has 0 saturated carbocycles. The molecule has 5 N–H and O–H groups in total. The summed E-state index contributed by atoms with van der Waals surface area (Å²) in [4.78, 5) is 20.3. The highest BCUT2D eigenvalue weighted by Crippen LogP contribution is 2.20. The van der Waals surface area contributed by atoms with Crippen LogP contribution < -0.4 is 11.5 Å². The van der Waals surface area contributed by atoms with Crippen LogP contribution in [0.25, 0.3) is 16.7 Å². The zero-order valence-electron chi connectivity index (χ0n) is 16.3. The van der Waals surface area contributed by atoms with E-state index in [1.54, 1.807) is 24.5 Å². The lowest BCUT2D eigenvalue weighted by Gasteiger charge is -2.03. The molecule has 4 rings (SSSR count). The summed E-state index contributed by atoms with van der Waals surface area (Å²) in [6.45, 7) is 2.01. The van der Waals surface area contributed by atoms with Crippen molar-refractivity contribution in [3.63, 3.8) is 0 Å². The molecular weight excluding hydrogens is 381 g/mol. The number of rotatable bonds is 5. The maximum atomic E-state index is 13.0. The average Bonchev–Trinajstić information content (AvgIpc) is 3.11. The van der Waals surface area contributed by atoms with Crippen molar-refractivity contribution in [1.29, 1.82) is 0 Å². The van der Waals surface area contributed by atoms with Crippen molar-refractivity contribution in [3.8, 4) is 0 Å². The first kappa shape index (κ1) is 19.3. The third-order valence-corrected chi connectivity index (χ3v) is 4.55. The van der Waals surface area contributed by atoms with Crippen LogP contribution in [0.15, 0.2) is 66.2 Å². The van der Waals surface area contributed by atoms with Crippen LogP contribution in [0.5, 0.6) is 0 Å². The van der Waals surface area contributed by atoms with E-state index in [1.165, 1.54) is 18.2 Å². The summed E-state index contributed by atoms with van der Waals surface area (Å²) in [6, 6.07) is 7.90. The SMILES string of the molecule is Cc1cnc2[nH]cc(Cc3cnc(N=C(N)C=C(N)c4ccc(F)cc4)nc3)c2c1. The summed E-state index contributed by atoms with van der Waals surface area (Å²) in [6.07, 6.45) is 9.38. The van der Waals surface area contributed by atoms with Gasteiger partial charge in [0, 0.05) is 48.4 Å². The minimum atomic E-state index is -0.333. The van der Waals surface area contributed by atoms with E-state index in [9.17, 15) is 4.39 Å². The molecule has 0 radical (unpaired) electrons. The van der Waals surface area contributed by atoms with Gasteiger partial charge < -0.3 is 16.5 Å². The molecule has 150 valence electrons. The number of hydrogen-bond donors (Lipinski definition) is 3. The minimum Gasteiger partial charge on any atom is -0.398 e. The number of hydrogen-bond acceptors (Lipinski definition) is 5. The van der Waals surface area contributed by atoms with Crippen LogP contribution in [0.1, 0.15) is 22.3 Å². The van der Waals surface area contributed by atoms with Gasteiger partial charge in [-0.3, -0.25) is 0 Å². The molecule has 30 heavy (non-hydrogen) atoms. The van der Waals surface area contributed by atoms with E-state index in [0.29, 0.717) is 17.7 Å². The van der Waals surface area contributed by atoms with E-state index in [1.807, 2.05) is 19.3 Å². The highest BCUT2D eigenvalue weighted by Gasteiger charge is 2.07. The maximum absolute atomic E-state index is 13.0. The summed E-state index contributed by atoms with van der Waals surface area (Å²) >= 11 is 0. The van der Waals surface area contributed by atoms with E-state index in [4.69, 9.17) is 11.5 Å². The van der Waals surface area contributed by atoms with Gasteiger partial charge in [0.25, 0.3) is 5.95 Å². The number of aryl methyl sites for hydroxylation is 1. The Hall–Kier alpha value is -4.07. The molecule has 3 aromatic heterocycles. The molecule has 0 aliphatic heterocycles. The number of halogens is 1. The second-order valence-corrected chi connectivity index (χ2v) is 6.93. The van der Waals surface area contributed by atoms with Crippen molar-refractivity contribution in [1.82, 2.24) is 19.9 Å². The van der Waals surface area contributed by atoms with Crippen LogP contribution in [0.2, 0.25) is 0 Å². The lowest BCUT2D eigenvalue weighted by atomic mass is 10.1. The highest BCUT2D eigenvalue weighted by molar-refractivity contribution is 5.98. The van der Waals surface area contributed by atoms with E-state index in [2.05, 4.69) is 31.0 Å². The van der Waals surface area contributed by atoms with Gasteiger partial charge in [-0.1, -0.05) is 12.1 Å². The molecule has 0 aliphatic carbocycles. The number of fused-ring (bicyclic) bond motifs is 1. The third-order valence-electron chi connectivity index (χ3n) is 4.55. The Morgan fingerprint density at radius 3 is 2.57 bits per heavy atom. The van der Waals surface area contributed by atoms with Gasteiger partial charge in [-0.05, 0) is 47.4 Å². The average molecular weight is 401 g/mol. The van der Waals surface area contributed by atoms with Crippen LogP contribution in [0.3, 0.4) is 0 Å². The zero-order valence-corrected chi connectivity index (χ0v) is 16.3. The first-order valence-electron chi connectivity index (χ1n) is 9.29. The van der Waals surface area contributed by atoms with Crippen LogP contribution >= 0.6 is 0 Å². The first-order valence-corrected chi connectivity index (χ1v) is 9.29. The summed E-state index contributed by atoms with van der Waals surface area (Å²) in [5.41, 5.74) is 17.0. The number of H-pyrrole nitrogens is 1. The highest BCUT2D eigenvalue weighted by atomic mass is 19.1. The molecule has 8 heteroatoms. The van der Waals surface area contributed by atoms with Crippen LogP contribution in [0, 0.1) is 12.7 Å². The lowest BCUT2D eigenvalue weighted by Crippen LogP contribution is -2.11. The van der Waals surface area contributed by atoms with Gasteiger partial charge in [0.05, 0.1) is 0 Å². The standard InChI is InChI=1S/C22H20FN7/c1-13-6-18-16(12-27-21(18)26-9-13)7-14-10-28-22(29-11-14)30-20(25)8-19(24)15-2-4-17(23)5-3-15/h2-6,8-12H,7,24H2,1H3,(H,26,27)(H2,25,28,29,30). The smallest absolute Gasteiger partial charge is 0.251 e. The number of aromatic amines is 1. The normalized spacial score (nSPS) is 12.5. The Balaban J connectivity index is 1.49. The van der Waals surface area contributed by atoms with Crippen molar-refractivity contribution in [2.75, 3.05) is 0 Å². The Kier molecular flexibility index (Phi) is 5.21. The number of benzene rings is 1. The van der Waals surface area contributed by atoms with E-state index in [0.717, 1.165) is 27.7 Å². The predicted molar refractivity (Wildman–Crippen MR) is 116 cm³/mol. The molecule has 0 saturated heterocycles. The molecule has 4 aromatic rings. The second-order valence-electron chi connectivity index (χ2n) is 6.93. The van der Waals surface area contributed by atoms with Crippen LogP contribution in [-0.4, -0.2) is 25.8 Å². The summed E-state index contributed by atoms with van der Waals surface area (Å²) < 4.78 is 13.0. The first-order chi connectivity index (χ1) is 14.5. The van der Waals surface area contributed by atoms with Crippen LogP contribution in [0.4, 0.5) is 10.3 Å². The molecular formula is C22H20FN7. The van der Waals surface area contributed by atoms with Gasteiger partial charge >= 0.3 is 0 Å². The van der Waals surface area contributed by atoms with Crippen molar-refractivity contribution in [2.24, 2.45) is 16.5 Å². The van der Waals surface area contributed by atoms with Crippen molar-refractivity contribution < 1.29 is 4.39 Å². The molecule has 0 fully saturated rings. The third kappa shape index (κ3) is 4.33. The molecule has 0 spiro atoms. The Morgan fingerprint density at radius 2 is 1.83 bits per heavy atom. The molecule has 0 atom stereocenters. The summed E-state index contributed by atoms with van der Waals surface area (Å²) in [5, 5.41) is 1.09. The van der Waals surface area contributed by atoms with E-state index < -0.39 is 0 Å². The minimum absolute atomic E-state index is 0.155. The Bertz CT molecular complexity index is 1240. The Morgan fingerprint density at radius 1 is 1.10 bits per heavy atom. The number of nitrogens with two attached hydrogens (primary N) is 2. The number of pyridine rings is 1. The zero-order chi connectivity index (χ0) is 21.1. The molecule has 1 aromatic carbocycles. The van der Waals surface area contributed by atoms with Crippen LogP contribution in [-0.2, 0) is 6.42 Å². The largest absolute Gasteiger partial charge is 0.398 e. The number of nitrogens with zero attached hydrogens (tertiary/aromatic N) is 4. The topological polar surface area (TPSA) is 119 Å². The number of nitrogens with one attached hydrogen (secondary N) is 1. The van der Waals surface area contributed by atoms with Gasteiger partial charge in [0.1, 0.15) is 17.3 Å². The Labute approximate surface area is 172 Å². The second kappa shape index (κ2) is 8.12. The number of aromatic nitrogens is 4. The molecule has 0 aliphatic rings. The molecule has 0 amide bonds. The lowest BCUT2D eigenvalue weighted by molar-refractivity contribution is 0.627. The molecule has 0 unspecified atom stereocenters. The van der Waals surface area contributed by atoms with E-state index in [-0.39, 0.29) is 17.6 Å². The van der Waals surface area contributed by atoms with E-state index >= 15 is 0 Å². The quantitative estimate of drug-likeness (QED) is 0.350. The van der Waals surface area contributed by atoms with Crippen molar-refractivity contribution in [3.05, 3.63) is 89.3 Å². The van der Waals surface area contributed by atoms with Gasteiger partial charge in [0.15, 0.2) is 0 Å². The summed E-state index contributed by atoms with van der Waals surface area (Å²) in [5.74, 6) is 0.0549. The molecule has 0 bridgehead atoms. The molecule has 7 nitrogen and oxygen atoms in total. The number of aliphatic imine (C=N–C) groups is 1.